The van der Waals surface area contributed by atoms with Gasteiger partial charge in [-0.1, -0.05) is 22.9 Å². The van der Waals surface area contributed by atoms with Crippen molar-refractivity contribution in [3.8, 4) is 0 Å². The summed E-state index contributed by atoms with van der Waals surface area (Å²) in [5.74, 6) is -0.204. The van der Waals surface area contributed by atoms with E-state index >= 15 is 0 Å². The van der Waals surface area contributed by atoms with Crippen LogP contribution in [-0.2, 0) is 0 Å². The molecule has 2 rings (SSSR count). The van der Waals surface area contributed by atoms with Gasteiger partial charge in [0, 0.05) is 21.1 Å². The lowest BCUT2D eigenvalue weighted by Gasteiger charge is -2.17. The average molecular weight is 343 g/mol. The summed E-state index contributed by atoms with van der Waals surface area (Å²) < 4.78 is 14.9. The smallest absolute Gasteiger partial charge is 0.128 e. The van der Waals surface area contributed by atoms with Crippen molar-refractivity contribution in [1.29, 1.82) is 0 Å². The number of benzene rings is 1. The zero-order valence-electron chi connectivity index (χ0n) is 10.9. The highest BCUT2D eigenvalue weighted by Gasteiger charge is 2.20. The maximum Gasteiger partial charge on any atom is 0.128 e. The molecule has 1 unspecified atom stereocenters. The molecule has 5 heteroatoms. The monoisotopic (exact) mass is 342 g/mol. The van der Waals surface area contributed by atoms with Crippen LogP contribution < -0.4 is 5.32 Å². The van der Waals surface area contributed by atoms with Gasteiger partial charge < -0.3 is 5.32 Å². The van der Waals surface area contributed by atoms with Crippen LogP contribution in [0.25, 0.3) is 0 Å². The molecule has 0 aliphatic heterocycles. The zero-order valence-corrected chi connectivity index (χ0v) is 13.3. The molecule has 1 heterocycles. The maximum absolute atomic E-state index is 14.1. The molecular weight excluding hydrogens is 327 g/mol. The molecule has 0 saturated heterocycles. The number of nitrogens with one attached hydrogen (secondary N) is 1. The molecule has 0 saturated carbocycles. The second-order valence-corrected chi connectivity index (χ2v) is 6.19. The summed E-state index contributed by atoms with van der Waals surface area (Å²) in [4.78, 5) is 4.49. The summed E-state index contributed by atoms with van der Waals surface area (Å²) in [6.45, 7) is 4.87. The fourth-order valence-electron chi connectivity index (χ4n) is 1.86. The van der Waals surface area contributed by atoms with Crippen molar-refractivity contribution < 1.29 is 4.39 Å². The Kier molecular flexibility index (Phi) is 5.07. The number of hydrogen-bond donors (Lipinski definition) is 1. The van der Waals surface area contributed by atoms with Gasteiger partial charge in [0.2, 0.25) is 0 Å². The third-order valence-electron chi connectivity index (χ3n) is 2.75. The number of aryl methyl sites for hydroxylation is 1. The molecule has 19 heavy (non-hydrogen) atoms. The predicted molar refractivity (Wildman–Crippen MR) is 81.1 cm³/mol. The van der Waals surface area contributed by atoms with Crippen molar-refractivity contribution in [3.05, 3.63) is 50.1 Å². The molecular formula is C14H16BrFN2S. The summed E-state index contributed by atoms with van der Waals surface area (Å²) in [5, 5.41) is 6.27. The molecule has 0 bridgehead atoms. The van der Waals surface area contributed by atoms with E-state index in [1.54, 1.807) is 17.4 Å². The first kappa shape index (κ1) is 14.6. The second kappa shape index (κ2) is 6.59. The Hall–Kier alpha value is -0.780. The van der Waals surface area contributed by atoms with Gasteiger partial charge in [0.05, 0.1) is 6.04 Å². The van der Waals surface area contributed by atoms with Crippen molar-refractivity contribution in [2.45, 2.75) is 26.3 Å². The summed E-state index contributed by atoms with van der Waals surface area (Å²) in [7, 11) is 0. The Bertz CT molecular complexity index is 556. The van der Waals surface area contributed by atoms with E-state index in [-0.39, 0.29) is 11.9 Å². The van der Waals surface area contributed by atoms with Gasteiger partial charge in [0.15, 0.2) is 0 Å². The molecule has 1 aromatic carbocycles. The van der Waals surface area contributed by atoms with Crippen LogP contribution in [0, 0.1) is 12.7 Å². The SMILES string of the molecule is CCCNC(c1nc(C)cs1)c1cc(Br)ccc1F. The van der Waals surface area contributed by atoms with E-state index in [4.69, 9.17) is 0 Å². The minimum atomic E-state index is -0.204. The number of hydrogen-bond acceptors (Lipinski definition) is 3. The van der Waals surface area contributed by atoms with Crippen LogP contribution in [0.2, 0.25) is 0 Å². The Balaban J connectivity index is 2.39. The molecule has 1 atom stereocenters. The molecule has 0 aliphatic carbocycles. The van der Waals surface area contributed by atoms with Crippen LogP contribution in [0.4, 0.5) is 4.39 Å². The number of halogens is 2. The van der Waals surface area contributed by atoms with E-state index in [9.17, 15) is 4.39 Å². The minimum absolute atomic E-state index is 0.184. The van der Waals surface area contributed by atoms with E-state index in [0.717, 1.165) is 28.1 Å². The van der Waals surface area contributed by atoms with E-state index in [2.05, 4.69) is 33.2 Å². The molecule has 102 valence electrons. The van der Waals surface area contributed by atoms with Gasteiger partial charge in [-0.3, -0.25) is 0 Å². The minimum Gasteiger partial charge on any atom is -0.304 e. The topological polar surface area (TPSA) is 24.9 Å². The van der Waals surface area contributed by atoms with Crippen molar-refractivity contribution >= 4 is 27.3 Å². The lowest BCUT2D eigenvalue weighted by molar-refractivity contribution is 0.544. The highest BCUT2D eigenvalue weighted by atomic mass is 79.9. The van der Waals surface area contributed by atoms with Crippen molar-refractivity contribution in [2.75, 3.05) is 6.54 Å². The molecule has 0 fully saturated rings. The quantitative estimate of drug-likeness (QED) is 0.868. The number of thiazole rings is 1. The molecule has 0 spiro atoms. The Labute approximate surface area is 125 Å². The van der Waals surface area contributed by atoms with Crippen molar-refractivity contribution in [1.82, 2.24) is 10.3 Å². The number of nitrogens with zero attached hydrogens (tertiary/aromatic N) is 1. The Morgan fingerprint density at radius 2 is 2.26 bits per heavy atom. The van der Waals surface area contributed by atoms with Crippen LogP contribution in [0.1, 0.15) is 35.7 Å². The number of rotatable bonds is 5. The summed E-state index contributed by atoms with van der Waals surface area (Å²) in [6, 6.07) is 4.83. The fourth-order valence-corrected chi connectivity index (χ4v) is 3.13. The highest BCUT2D eigenvalue weighted by Crippen LogP contribution is 2.29. The van der Waals surface area contributed by atoms with Crippen LogP contribution in [-0.4, -0.2) is 11.5 Å². The summed E-state index contributed by atoms with van der Waals surface area (Å²) in [5.41, 5.74) is 1.61. The summed E-state index contributed by atoms with van der Waals surface area (Å²) >= 11 is 4.96. The normalized spacial score (nSPS) is 12.6. The molecule has 1 N–H and O–H groups in total. The van der Waals surface area contributed by atoms with Crippen LogP contribution in [0.15, 0.2) is 28.1 Å². The standard InChI is InChI=1S/C14H16BrFN2S/c1-3-6-17-13(14-18-9(2)8-19-14)11-7-10(15)4-5-12(11)16/h4-5,7-8,13,17H,3,6H2,1-2H3. The molecule has 0 aliphatic rings. The summed E-state index contributed by atoms with van der Waals surface area (Å²) in [6.07, 6.45) is 0.997. The first-order valence-corrected chi connectivity index (χ1v) is 7.89. The number of aromatic nitrogens is 1. The van der Waals surface area contributed by atoms with E-state index < -0.39 is 0 Å². The Morgan fingerprint density at radius 3 is 2.89 bits per heavy atom. The van der Waals surface area contributed by atoms with Gasteiger partial charge in [-0.25, -0.2) is 9.37 Å². The maximum atomic E-state index is 14.1. The lowest BCUT2D eigenvalue weighted by atomic mass is 10.1. The van der Waals surface area contributed by atoms with Crippen LogP contribution >= 0.6 is 27.3 Å². The van der Waals surface area contributed by atoms with E-state index in [1.165, 1.54) is 6.07 Å². The third kappa shape index (κ3) is 3.61. The molecule has 0 radical (unpaired) electrons. The van der Waals surface area contributed by atoms with Gasteiger partial charge in [-0.15, -0.1) is 11.3 Å². The van der Waals surface area contributed by atoms with Gasteiger partial charge in [0.25, 0.3) is 0 Å². The van der Waals surface area contributed by atoms with E-state index in [0.29, 0.717) is 5.56 Å². The van der Waals surface area contributed by atoms with Gasteiger partial charge in [-0.2, -0.15) is 0 Å². The highest BCUT2D eigenvalue weighted by molar-refractivity contribution is 9.10. The van der Waals surface area contributed by atoms with Crippen molar-refractivity contribution in [2.24, 2.45) is 0 Å². The Morgan fingerprint density at radius 1 is 1.47 bits per heavy atom. The second-order valence-electron chi connectivity index (χ2n) is 4.38. The first-order chi connectivity index (χ1) is 9.11. The van der Waals surface area contributed by atoms with Crippen LogP contribution in [0.3, 0.4) is 0 Å². The largest absolute Gasteiger partial charge is 0.304 e. The molecule has 2 nitrogen and oxygen atoms in total. The average Bonchev–Trinajstić information content (AvgIpc) is 2.80. The van der Waals surface area contributed by atoms with Gasteiger partial charge in [0.1, 0.15) is 10.8 Å². The molecule has 0 amide bonds. The van der Waals surface area contributed by atoms with E-state index in [1.807, 2.05) is 18.4 Å². The molecule has 2 aromatic rings. The lowest BCUT2D eigenvalue weighted by Crippen LogP contribution is -2.24. The van der Waals surface area contributed by atoms with Gasteiger partial charge in [-0.05, 0) is 38.1 Å². The molecule has 1 aromatic heterocycles. The predicted octanol–water partition coefficient (Wildman–Crippen LogP) is 4.44. The zero-order chi connectivity index (χ0) is 13.8. The van der Waals surface area contributed by atoms with Gasteiger partial charge >= 0.3 is 0 Å². The third-order valence-corrected chi connectivity index (χ3v) is 4.27. The van der Waals surface area contributed by atoms with Crippen molar-refractivity contribution in [3.63, 3.8) is 0 Å². The van der Waals surface area contributed by atoms with Crippen LogP contribution in [0.5, 0.6) is 0 Å². The first-order valence-electron chi connectivity index (χ1n) is 6.22. The fraction of sp³-hybridized carbons (Fsp3) is 0.357.